The highest BCUT2D eigenvalue weighted by molar-refractivity contribution is 7.07. The average Bonchev–Trinajstić information content (AvgIpc) is 3.51. The number of aliphatic hydroxyl groups is 1. The maximum atomic E-state index is 14.0. The SMILES string of the molecule is CC(C)CC[C@H](O)[C@H](CC1CCCCC1)NC(=O)[C@@H](CC(=O)N(CC(=O)N(C)C)[C@@H](C)c1ccccc1)Cc1cscn1. The van der Waals surface area contributed by atoms with E-state index in [4.69, 9.17) is 0 Å². The second-order valence-electron chi connectivity index (χ2n) is 12.9. The number of hydrogen-bond acceptors (Lipinski definition) is 6. The van der Waals surface area contributed by atoms with Gasteiger partial charge in [0.25, 0.3) is 0 Å². The van der Waals surface area contributed by atoms with Crippen molar-refractivity contribution in [3.8, 4) is 0 Å². The number of amides is 3. The molecule has 1 heterocycles. The van der Waals surface area contributed by atoms with Gasteiger partial charge in [0.1, 0.15) is 6.54 Å². The minimum Gasteiger partial charge on any atom is -0.391 e. The molecule has 2 aromatic rings. The molecule has 3 amide bonds. The van der Waals surface area contributed by atoms with E-state index in [1.165, 1.54) is 35.5 Å². The Kier molecular flexibility index (Phi) is 14.1. The molecule has 1 aromatic carbocycles. The zero-order chi connectivity index (χ0) is 31.4. The van der Waals surface area contributed by atoms with Gasteiger partial charge in [-0.3, -0.25) is 14.4 Å². The fourth-order valence-electron chi connectivity index (χ4n) is 5.92. The Balaban J connectivity index is 1.83. The number of carbonyl (C=O) groups excluding carboxylic acids is 3. The van der Waals surface area contributed by atoms with Gasteiger partial charge >= 0.3 is 0 Å². The molecule has 3 rings (SSSR count). The first-order chi connectivity index (χ1) is 20.5. The van der Waals surface area contributed by atoms with Crippen LogP contribution in [-0.2, 0) is 20.8 Å². The molecular weight excluding hydrogens is 560 g/mol. The first-order valence-corrected chi connectivity index (χ1v) is 16.9. The maximum Gasteiger partial charge on any atom is 0.241 e. The van der Waals surface area contributed by atoms with Crippen molar-refractivity contribution in [2.24, 2.45) is 17.8 Å². The van der Waals surface area contributed by atoms with Gasteiger partial charge in [-0.2, -0.15) is 0 Å². The van der Waals surface area contributed by atoms with Crippen molar-refractivity contribution >= 4 is 29.1 Å². The second-order valence-corrected chi connectivity index (χ2v) is 13.6. The Morgan fingerprint density at radius 1 is 1.02 bits per heavy atom. The van der Waals surface area contributed by atoms with Crippen molar-refractivity contribution in [1.29, 1.82) is 0 Å². The molecule has 1 fully saturated rings. The Morgan fingerprint density at radius 3 is 2.33 bits per heavy atom. The van der Waals surface area contributed by atoms with Crippen LogP contribution in [0.2, 0.25) is 0 Å². The van der Waals surface area contributed by atoms with Gasteiger partial charge in [0.15, 0.2) is 0 Å². The maximum absolute atomic E-state index is 14.0. The van der Waals surface area contributed by atoms with Crippen LogP contribution in [0.4, 0.5) is 0 Å². The van der Waals surface area contributed by atoms with Gasteiger partial charge in [-0.15, -0.1) is 11.3 Å². The van der Waals surface area contributed by atoms with Gasteiger partial charge in [0.05, 0.1) is 35.3 Å². The van der Waals surface area contributed by atoms with Gasteiger partial charge in [0, 0.05) is 32.3 Å². The molecule has 0 saturated heterocycles. The number of benzene rings is 1. The predicted molar refractivity (Wildman–Crippen MR) is 172 cm³/mol. The molecule has 2 N–H and O–H groups in total. The van der Waals surface area contributed by atoms with Crippen molar-refractivity contribution in [2.45, 2.75) is 103 Å². The zero-order valence-electron chi connectivity index (χ0n) is 26.7. The van der Waals surface area contributed by atoms with E-state index in [2.05, 4.69) is 24.1 Å². The molecule has 1 aliphatic rings. The summed E-state index contributed by atoms with van der Waals surface area (Å²) in [5.41, 5.74) is 3.41. The molecule has 43 heavy (non-hydrogen) atoms. The van der Waals surface area contributed by atoms with Crippen LogP contribution in [-0.4, -0.2) is 70.4 Å². The third kappa shape index (κ3) is 11.3. The van der Waals surface area contributed by atoms with E-state index in [-0.39, 0.29) is 42.8 Å². The number of hydrogen-bond donors (Lipinski definition) is 2. The number of thiazole rings is 1. The summed E-state index contributed by atoms with van der Waals surface area (Å²) in [5.74, 6) is -0.426. The molecule has 0 bridgehead atoms. The first-order valence-electron chi connectivity index (χ1n) is 15.9. The molecule has 4 atom stereocenters. The lowest BCUT2D eigenvalue weighted by Crippen LogP contribution is -2.48. The van der Waals surface area contributed by atoms with Crippen molar-refractivity contribution in [2.75, 3.05) is 20.6 Å². The molecule has 0 radical (unpaired) electrons. The van der Waals surface area contributed by atoms with E-state index in [0.717, 1.165) is 36.9 Å². The topological polar surface area (TPSA) is 103 Å². The van der Waals surface area contributed by atoms with Gasteiger partial charge in [-0.25, -0.2) is 4.98 Å². The van der Waals surface area contributed by atoms with E-state index >= 15 is 0 Å². The number of aliphatic hydroxyl groups excluding tert-OH is 1. The Bertz CT molecular complexity index is 1120. The number of rotatable bonds is 16. The summed E-state index contributed by atoms with van der Waals surface area (Å²) < 4.78 is 0. The van der Waals surface area contributed by atoms with E-state index in [9.17, 15) is 19.5 Å². The molecule has 238 valence electrons. The van der Waals surface area contributed by atoms with Crippen molar-refractivity contribution in [3.05, 3.63) is 52.5 Å². The fourth-order valence-corrected chi connectivity index (χ4v) is 6.49. The quantitative estimate of drug-likeness (QED) is 0.256. The van der Waals surface area contributed by atoms with Crippen LogP contribution in [0.15, 0.2) is 41.2 Å². The predicted octanol–water partition coefficient (Wildman–Crippen LogP) is 5.62. The Morgan fingerprint density at radius 2 is 1.72 bits per heavy atom. The zero-order valence-corrected chi connectivity index (χ0v) is 27.5. The monoisotopic (exact) mass is 612 g/mol. The minimum atomic E-state index is -0.680. The normalized spacial score (nSPS) is 16.7. The summed E-state index contributed by atoms with van der Waals surface area (Å²) in [6.07, 6.45) is 7.74. The second kappa shape index (κ2) is 17.5. The highest BCUT2D eigenvalue weighted by Crippen LogP contribution is 2.29. The average molecular weight is 613 g/mol. The van der Waals surface area contributed by atoms with Gasteiger partial charge in [-0.05, 0) is 43.6 Å². The molecule has 1 aromatic heterocycles. The summed E-state index contributed by atoms with van der Waals surface area (Å²) >= 11 is 1.46. The summed E-state index contributed by atoms with van der Waals surface area (Å²) in [6.45, 7) is 6.11. The molecule has 1 aliphatic carbocycles. The van der Waals surface area contributed by atoms with Crippen LogP contribution in [0.1, 0.15) is 95.9 Å². The van der Waals surface area contributed by atoms with Crippen LogP contribution in [0.5, 0.6) is 0 Å². The van der Waals surface area contributed by atoms with Crippen molar-refractivity contribution < 1.29 is 19.5 Å². The highest BCUT2D eigenvalue weighted by Gasteiger charge is 2.33. The third-order valence-electron chi connectivity index (χ3n) is 8.75. The fraction of sp³-hybridized carbons (Fsp3) is 0.647. The molecule has 8 nitrogen and oxygen atoms in total. The number of aromatic nitrogens is 1. The van der Waals surface area contributed by atoms with Crippen LogP contribution < -0.4 is 5.32 Å². The highest BCUT2D eigenvalue weighted by atomic mass is 32.1. The van der Waals surface area contributed by atoms with Crippen LogP contribution in [0, 0.1) is 17.8 Å². The van der Waals surface area contributed by atoms with Crippen molar-refractivity contribution in [3.63, 3.8) is 0 Å². The Labute approximate surface area is 262 Å². The molecule has 0 aliphatic heterocycles. The standard InChI is InChI=1S/C34H52N4O4S/c1-24(2)16-17-31(39)30(18-26-12-8-6-9-13-26)36-34(42)28(19-29-22-43-23-35-29)20-32(40)38(21-33(41)37(4)5)25(3)27-14-10-7-11-15-27/h7,10-11,14-15,22-26,28,30-31,39H,6,8-9,12-13,16-21H2,1-5H3,(H,36,42)/t25-,28+,30-,31-/m0/s1. The smallest absolute Gasteiger partial charge is 0.241 e. The van der Waals surface area contributed by atoms with E-state index in [0.29, 0.717) is 24.7 Å². The van der Waals surface area contributed by atoms with E-state index < -0.39 is 12.0 Å². The molecule has 0 spiro atoms. The van der Waals surface area contributed by atoms with E-state index in [1.54, 1.807) is 24.5 Å². The summed E-state index contributed by atoms with van der Waals surface area (Å²) in [7, 11) is 3.35. The van der Waals surface area contributed by atoms with Crippen LogP contribution in [0.3, 0.4) is 0 Å². The minimum absolute atomic E-state index is 0.0561. The summed E-state index contributed by atoms with van der Waals surface area (Å²) in [4.78, 5) is 48.2. The third-order valence-corrected chi connectivity index (χ3v) is 9.38. The lowest BCUT2D eigenvalue weighted by Gasteiger charge is -2.33. The molecule has 0 unspecified atom stereocenters. The van der Waals surface area contributed by atoms with Gasteiger partial charge < -0.3 is 20.2 Å². The molecule has 9 heteroatoms. The van der Waals surface area contributed by atoms with Crippen LogP contribution >= 0.6 is 11.3 Å². The lowest BCUT2D eigenvalue weighted by atomic mass is 9.82. The number of likely N-dealkylation sites (N-methyl/N-ethyl adjacent to an activating group) is 1. The van der Waals surface area contributed by atoms with Crippen LogP contribution in [0.25, 0.3) is 0 Å². The van der Waals surface area contributed by atoms with E-state index in [1.807, 2.05) is 42.6 Å². The number of carbonyl (C=O) groups is 3. The summed E-state index contributed by atoms with van der Waals surface area (Å²) in [5, 5.41) is 16.4. The first kappa shape index (κ1) is 34.7. The van der Waals surface area contributed by atoms with Gasteiger partial charge in [0.2, 0.25) is 17.7 Å². The Hall–Kier alpha value is -2.78. The van der Waals surface area contributed by atoms with Crippen molar-refractivity contribution in [1.82, 2.24) is 20.1 Å². The summed E-state index contributed by atoms with van der Waals surface area (Å²) in [6, 6.07) is 8.92. The largest absolute Gasteiger partial charge is 0.391 e. The lowest BCUT2D eigenvalue weighted by molar-refractivity contribution is -0.143. The molecule has 1 saturated carbocycles. The van der Waals surface area contributed by atoms with Gasteiger partial charge in [-0.1, -0.05) is 76.3 Å². The molecular formula is C34H52N4O4S. The number of nitrogens with one attached hydrogen (secondary N) is 1. The number of nitrogens with zero attached hydrogens (tertiary/aromatic N) is 3.